The van der Waals surface area contributed by atoms with Gasteiger partial charge in [0.05, 0.1) is 12.4 Å². The number of benzene rings is 1. The minimum atomic E-state index is -0.312. The number of nitrogens with one attached hydrogen (secondary N) is 2. The number of rotatable bonds is 5. The highest BCUT2D eigenvalue weighted by molar-refractivity contribution is 6.35. The summed E-state index contributed by atoms with van der Waals surface area (Å²) in [6.45, 7) is 6.38. The van der Waals surface area contributed by atoms with Crippen molar-refractivity contribution < 1.29 is 4.79 Å². The fourth-order valence-electron chi connectivity index (χ4n) is 1.99. The van der Waals surface area contributed by atoms with Crippen LogP contribution in [0.25, 0.3) is 0 Å². The van der Waals surface area contributed by atoms with Gasteiger partial charge in [0.15, 0.2) is 0 Å². The van der Waals surface area contributed by atoms with E-state index in [2.05, 4.69) is 20.6 Å². The van der Waals surface area contributed by atoms with E-state index in [9.17, 15) is 4.79 Å². The molecule has 7 heteroatoms. The van der Waals surface area contributed by atoms with E-state index in [0.717, 1.165) is 12.0 Å². The minimum Gasteiger partial charge on any atom is -0.368 e. The molecule has 0 bridgehead atoms. The Labute approximate surface area is 151 Å². The van der Waals surface area contributed by atoms with Crippen LogP contribution >= 0.6 is 23.2 Å². The van der Waals surface area contributed by atoms with Crippen molar-refractivity contribution in [2.24, 2.45) is 0 Å². The van der Waals surface area contributed by atoms with Crippen LogP contribution < -0.4 is 10.6 Å². The van der Waals surface area contributed by atoms with Crippen molar-refractivity contribution in [3.05, 3.63) is 51.9 Å². The standard InChI is InChI=1S/C17H20Cl2N4O/c1-17(2,3)23-16(24)14-9-22-15(10-21-14)20-7-6-11-4-5-12(18)8-13(11)19/h4-5,8-10H,6-7H2,1-3H3,(H,20,22)(H,23,24). The van der Waals surface area contributed by atoms with E-state index >= 15 is 0 Å². The first-order valence-corrected chi connectivity index (χ1v) is 8.32. The zero-order valence-electron chi connectivity index (χ0n) is 13.9. The number of nitrogens with zero attached hydrogens (tertiary/aromatic N) is 2. The molecule has 1 heterocycles. The van der Waals surface area contributed by atoms with Crippen LogP contribution in [0.5, 0.6) is 0 Å². The average molecular weight is 367 g/mol. The summed E-state index contributed by atoms with van der Waals surface area (Å²) < 4.78 is 0. The molecular formula is C17H20Cl2N4O. The van der Waals surface area contributed by atoms with E-state index in [1.165, 1.54) is 6.20 Å². The maximum Gasteiger partial charge on any atom is 0.271 e. The number of amides is 1. The molecular weight excluding hydrogens is 347 g/mol. The van der Waals surface area contributed by atoms with E-state index in [-0.39, 0.29) is 17.1 Å². The van der Waals surface area contributed by atoms with Gasteiger partial charge in [0, 0.05) is 22.1 Å². The Morgan fingerprint density at radius 1 is 1.17 bits per heavy atom. The number of hydrogen-bond acceptors (Lipinski definition) is 4. The Morgan fingerprint density at radius 2 is 1.92 bits per heavy atom. The highest BCUT2D eigenvalue weighted by Gasteiger charge is 2.16. The first-order chi connectivity index (χ1) is 11.2. The van der Waals surface area contributed by atoms with Gasteiger partial charge in [0.2, 0.25) is 0 Å². The Balaban J connectivity index is 1.89. The Hall–Kier alpha value is -1.85. The molecule has 1 aromatic carbocycles. The molecule has 0 unspecified atom stereocenters. The molecule has 0 aliphatic carbocycles. The first kappa shape index (κ1) is 18.5. The summed E-state index contributed by atoms with van der Waals surface area (Å²) in [6, 6.07) is 5.43. The predicted octanol–water partition coefficient (Wildman–Crippen LogP) is 3.97. The van der Waals surface area contributed by atoms with Crippen LogP contribution in [0.1, 0.15) is 36.8 Å². The number of carbonyl (C=O) groups is 1. The van der Waals surface area contributed by atoms with Crippen LogP contribution in [-0.4, -0.2) is 28.0 Å². The van der Waals surface area contributed by atoms with E-state index in [0.29, 0.717) is 22.4 Å². The van der Waals surface area contributed by atoms with Gasteiger partial charge in [0.25, 0.3) is 5.91 Å². The van der Waals surface area contributed by atoms with Crippen LogP contribution in [0.2, 0.25) is 10.0 Å². The van der Waals surface area contributed by atoms with Crippen LogP contribution in [-0.2, 0) is 6.42 Å². The van der Waals surface area contributed by atoms with E-state index in [1.54, 1.807) is 12.3 Å². The highest BCUT2D eigenvalue weighted by Crippen LogP contribution is 2.21. The molecule has 128 valence electrons. The fraction of sp³-hybridized carbons (Fsp3) is 0.353. The third-order valence-corrected chi connectivity index (χ3v) is 3.68. The third kappa shape index (κ3) is 5.65. The Morgan fingerprint density at radius 3 is 2.50 bits per heavy atom. The highest BCUT2D eigenvalue weighted by atomic mass is 35.5. The minimum absolute atomic E-state index is 0.241. The summed E-state index contributed by atoms with van der Waals surface area (Å²) in [5.74, 6) is 0.363. The Bertz CT molecular complexity index is 712. The van der Waals surface area contributed by atoms with Crippen molar-refractivity contribution in [3.63, 3.8) is 0 Å². The first-order valence-electron chi connectivity index (χ1n) is 7.57. The zero-order valence-corrected chi connectivity index (χ0v) is 15.4. The molecule has 0 saturated heterocycles. The molecule has 0 aliphatic heterocycles. The van der Waals surface area contributed by atoms with Crippen LogP contribution in [0, 0.1) is 0 Å². The van der Waals surface area contributed by atoms with Crippen molar-refractivity contribution in [1.29, 1.82) is 0 Å². The molecule has 2 N–H and O–H groups in total. The normalized spacial score (nSPS) is 11.2. The second kappa shape index (κ2) is 7.81. The molecule has 0 atom stereocenters. The molecule has 24 heavy (non-hydrogen) atoms. The van der Waals surface area contributed by atoms with E-state index in [1.807, 2.05) is 32.9 Å². The summed E-state index contributed by atoms with van der Waals surface area (Å²) in [6.07, 6.45) is 3.73. The smallest absolute Gasteiger partial charge is 0.271 e. The molecule has 0 aliphatic rings. The molecule has 0 saturated carbocycles. The summed E-state index contributed by atoms with van der Waals surface area (Å²) in [4.78, 5) is 20.3. The van der Waals surface area contributed by atoms with Gasteiger partial charge in [-0.15, -0.1) is 0 Å². The van der Waals surface area contributed by atoms with Crippen molar-refractivity contribution in [2.45, 2.75) is 32.7 Å². The number of hydrogen-bond donors (Lipinski definition) is 2. The van der Waals surface area contributed by atoms with Crippen molar-refractivity contribution in [2.75, 3.05) is 11.9 Å². The van der Waals surface area contributed by atoms with Crippen LogP contribution in [0.4, 0.5) is 5.82 Å². The fourth-order valence-corrected chi connectivity index (χ4v) is 2.49. The topological polar surface area (TPSA) is 66.9 Å². The molecule has 0 radical (unpaired) electrons. The van der Waals surface area contributed by atoms with Crippen LogP contribution in [0.3, 0.4) is 0 Å². The molecule has 0 fully saturated rings. The average Bonchev–Trinajstić information content (AvgIpc) is 2.48. The summed E-state index contributed by atoms with van der Waals surface area (Å²) in [5, 5.41) is 7.26. The molecule has 1 aromatic heterocycles. The molecule has 1 amide bonds. The van der Waals surface area contributed by atoms with Gasteiger partial charge >= 0.3 is 0 Å². The third-order valence-electron chi connectivity index (χ3n) is 3.09. The number of aromatic nitrogens is 2. The molecule has 5 nitrogen and oxygen atoms in total. The summed E-state index contributed by atoms with van der Waals surface area (Å²) in [5.41, 5.74) is 0.979. The van der Waals surface area contributed by atoms with Gasteiger partial charge in [-0.25, -0.2) is 9.97 Å². The second-order valence-corrected chi connectivity index (χ2v) is 7.25. The number of carbonyl (C=O) groups excluding carboxylic acids is 1. The SMILES string of the molecule is CC(C)(C)NC(=O)c1cnc(NCCc2ccc(Cl)cc2Cl)cn1. The molecule has 2 aromatic rings. The largest absolute Gasteiger partial charge is 0.368 e. The van der Waals surface area contributed by atoms with Crippen molar-refractivity contribution >= 4 is 34.9 Å². The molecule has 2 rings (SSSR count). The zero-order chi connectivity index (χ0) is 17.7. The lowest BCUT2D eigenvalue weighted by atomic mass is 10.1. The van der Waals surface area contributed by atoms with Gasteiger partial charge in [-0.2, -0.15) is 0 Å². The predicted molar refractivity (Wildman–Crippen MR) is 97.9 cm³/mol. The summed E-state index contributed by atoms with van der Waals surface area (Å²) in [7, 11) is 0. The van der Waals surface area contributed by atoms with Gasteiger partial charge in [-0.05, 0) is 44.9 Å². The van der Waals surface area contributed by atoms with Gasteiger partial charge < -0.3 is 10.6 Å². The van der Waals surface area contributed by atoms with Crippen molar-refractivity contribution in [1.82, 2.24) is 15.3 Å². The van der Waals surface area contributed by atoms with Gasteiger partial charge in [-0.3, -0.25) is 4.79 Å². The van der Waals surface area contributed by atoms with Crippen molar-refractivity contribution in [3.8, 4) is 0 Å². The number of anilines is 1. The van der Waals surface area contributed by atoms with E-state index < -0.39 is 0 Å². The van der Waals surface area contributed by atoms with Crippen LogP contribution in [0.15, 0.2) is 30.6 Å². The number of halogens is 2. The molecule has 0 spiro atoms. The lowest BCUT2D eigenvalue weighted by molar-refractivity contribution is 0.0914. The lowest BCUT2D eigenvalue weighted by Gasteiger charge is -2.19. The lowest BCUT2D eigenvalue weighted by Crippen LogP contribution is -2.41. The maximum atomic E-state index is 12.0. The van der Waals surface area contributed by atoms with Gasteiger partial charge in [0.1, 0.15) is 11.5 Å². The van der Waals surface area contributed by atoms with E-state index in [4.69, 9.17) is 23.2 Å². The quantitative estimate of drug-likeness (QED) is 0.839. The summed E-state index contributed by atoms with van der Waals surface area (Å²) >= 11 is 12.0. The monoisotopic (exact) mass is 366 g/mol. The Kier molecular flexibility index (Phi) is 6.02. The second-order valence-electron chi connectivity index (χ2n) is 6.40. The van der Waals surface area contributed by atoms with Gasteiger partial charge in [-0.1, -0.05) is 29.3 Å². The maximum absolute atomic E-state index is 12.0.